The molecule has 0 aliphatic heterocycles. The van der Waals surface area contributed by atoms with Crippen molar-refractivity contribution in [3.05, 3.63) is 0 Å². The molecule has 13 heavy (non-hydrogen) atoms. The smallest absolute Gasteiger partial charge is 0.374 e. The summed E-state index contributed by atoms with van der Waals surface area (Å²) >= 11 is 0. The Bertz CT molecular complexity index is 118. The van der Waals surface area contributed by atoms with Crippen molar-refractivity contribution < 1.29 is 13.3 Å². The van der Waals surface area contributed by atoms with Crippen molar-refractivity contribution in [2.45, 2.75) is 26.8 Å². The molecule has 0 heterocycles. The summed E-state index contributed by atoms with van der Waals surface area (Å²) in [6, 6.07) is 0. The zero-order valence-corrected chi connectivity index (χ0v) is 9.84. The van der Waals surface area contributed by atoms with Gasteiger partial charge in [-0.3, -0.25) is 0 Å². The van der Waals surface area contributed by atoms with Crippen molar-refractivity contribution in [3.63, 3.8) is 0 Å². The highest BCUT2D eigenvalue weighted by atomic mass is 28.4. The first kappa shape index (κ1) is 13.1. The molecule has 2 N–H and O–H groups in total. The van der Waals surface area contributed by atoms with Gasteiger partial charge in [-0.1, -0.05) is 0 Å². The SMILES string of the molecule is CCO[Si](C)(OCC)OCCCN. The van der Waals surface area contributed by atoms with Crippen LogP contribution in [-0.4, -0.2) is 35.2 Å². The third kappa shape index (κ3) is 6.17. The highest BCUT2D eigenvalue weighted by Gasteiger charge is 2.33. The predicted octanol–water partition coefficient (Wildman–Crippen LogP) is 0.993. The van der Waals surface area contributed by atoms with Crippen LogP contribution in [0.25, 0.3) is 0 Å². The second-order valence-electron chi connectivity index (χ2n) is 2.72. The first-order chi connectivity index (χ1) is 6.18. The summed E-state index contributed by atoms with van der Waals surface area (Å²) in [5, 5.41) is 0. The molecule has 0 saturated heterocycles. The van der Waals surface area contributed by atoms with Crippen LogP contribution in [0.4, 0.5) is 0 Å². The molecule has 0 aliphatic rings. The van der Waals surface area contributed by atoms with Gasteiger partial charge in [0.15, 0.2) is 0 Å². The molecule has 0 aromatic rings. The summed E-state index contributed by atoms with van der Waals surface area (Å²) in [7, 11) is -2.34. The number of hydrogen-bond acceptors (Lipinski definition) is 4. The van der Waals surface area contributed by atoms with Crippen LogP contribution in [-0.2, 0) is 13.3 Å². The zero-order valence-electron chi connectivity index (χ0n) is 8.84. The second-order valence-corrected chi connectivity index (χ2v) is 5.31. The lowest BCUT2D eigenvalue weighted by Gasteiger charge is -2.24. The Morgan fingerprint density at radius 1 is 1.08 bits per heavy atom. The normalized spacial score (nSPS) is 12.0. The van der Waals surface area contributed by atoms with Crippen LogP contribution in [0.2, 0.25) is 6.55 Å². The van der Waals surface area contributed by atoms with Gasteiger partial charge in [0.1, 0.15) is 0 Å². The van der Waals surface area contributed by atoms with Gasteiger partial charge in [0, 0.05) is 26.4 Å². The van der Waals surface area contributed by atoms with Gasteiger partial charge in [-0.2, -0.15) is 0 Å². The molecule has 4 nitrogen and oxygen atoms in total. The molecular weight excluding hydrogens is 186 g/mol. The Balaban J connectivity index is 3.76. The molecule has 0 radical (unpaired) electrons. The van der Waals surface area contributed by atoms with E-state index in [2.05, 4.69) is 0 Å². The van der Waals surface area contributed by atoms with Crippen molar-refractivity contribution in [2.24, 2.45) is 5.73 Å². The molecule has 0 saturated carbocycles. The summed E-state index contributed by atoms with van der Waals surface area (Å²) in [5.41, 5.74) is 5.36. The van der Waals surface area contributed by atoms with E-state index in [-0.39, 0.29) is 0 Å². The van der Waals surface area contributed by atoms with Gasteiger partial charge >= 0.3 is 8.80 Å². The molecule has 0 aliphatic carbocycles. The summed E-state index contributed by atoms with van der Waals surface area (Å²) in [6.45, 7) is 8.32. The van der Waals surface area contributed by atoms with E-state index in [1.807, 2.05) is 20.4 Å². The Morgan fingerprint density at radius 3 is 2.00 bits per heavy atom. The van der Waals surface area contributed by atoms with Crippen LogP contribution in [0.15, 0.2) is 0 Å². The van der Waals surface area contributed by atoms with Crippen LogP contribution in [0.3, 0.4) is 0 Å². The zero-order chi connectivity index (χ0) is 10.2. The minimum Gasteiger partial charge on any atom is -0.374 e. The molecule has 0 unspecified atom stereocenters. The van der Waals surface area contributed by atoms with Crippen molar-refractivity contribution in [3.8, 4) is 0 Å². The molecule has 0 spiro atoms. The molecular formula is C8H21NO3Si. The first-order valence-corrected chi connectivity index (χ1v) is 7.03. The van der Waals surface area contributed by atoms with Crippen molar-refractivity contribution in [1.29, 1.82) is 0 Å². The third-order valence-electron chi connectivity index (χ3n) is 1.53. The summed E-state index contributed by atoms with van der Waals surface area (Å²) < 4.78 is 16.5. The third-order valence-corrected chi connectivity index (χ3v) is 3.88. The highest BCUT2D eigenvalue weighted by Crippen LogP contribution is 2.09. The first-order valence-electron chi connectivity index (χ1n) is 4.80. The van der Waals surface area contributed by atoms with Gasteiger partial charge in [-0.05, 0) is 26.8 Å². The monoisotopic (exact) mass is 207 g/mol. The van der Waals surface area contributed by atoms with Crippen molar-refractivity contribution in [2.75, 3.05) is 26.4 Å². The molecule has 0 aromatic carbocycles. The number of hydrogen-bond donors (Lipinski definition) is 1. The lowest BCUT2D eigenvalue weighted by molar-refractivity contribution is 0.0735. The molecule has 0 aromatic heterocycles. The molecule has 80 valence electrons. The highest BCUT2D eigenvalue weighted by molar-refractivity contribution is 6.59. The van der Waals surface area contributed by atoms with E-state index >= 15 is 0 Å². The minimum atomic E-state index is -2.34. The van der Waals surface area contributed by atoms with E-state index in [1.165, 1.54) is 0 Å². The molecule has 0 fully saturated rings. The summed E-state index contributed by atoms with van der Waals surface area (Å²) in [5.74, 6) is 0. The van der Waals surface area contributed by atoms with Crippen molar-refractivity contribution >= 4 is 8.80 Å². The fourth-order valence-electron chi connectivity index (χ4n) is 0.990. The quantitative estimate of drug-likeness (QED) is 0.476. The maximum absolute atomic E-state index is 5.57. The van der Waals surface area contributed by atoms with E-state index in [9.17, 15) is 0 Å². The fraction of sp³-hybridized carbons (Fsp3) is 1.00. The predicted molar refractivity (Wildman–Crippen MR) is 54.5 cm³/mol. The van der Waals surface area contributed by atoms with E-state index in [1.54, 1.807) is 0 Å². The van der Waals surface area contributed by atoms with Crippen LogP contribution in [0.1, 0.15) is 20.3 Å². The number of rotatable bonds is 8. The van der Waals surface area contributed by atoms with Gasteiger partial charge in [0.25, 0.3) is 0 Å². The standard InChI is InChI=1S/C8H21NO3Si/c1-4-10-13(3,11-5-2)12-8-6-7-9/h4-9H2,1-3H3. The Labute approximate surface area is 81.7 Å². The van der Waals surface area contributed by atoms with Gasteiger partial charge in [-0.15, -0.1) is 0 Å². The number of nitrogens with two attached hydrogens (primary N) is 1. The van der Waals surface area contributed by atoms with E-state index in [0.29, 0.717) is 26.4 Å². The lowest BCUT2D eigenvalue weighted by Crippen LogP contribution is -2.43. The molecule has 0 rings (SSSR count). The summed E-state index contributed by atoms with van der Waals surface area (Å²) in [4.78, 5) is 0. The summed E-state index contributed by atoms with van der Waals surface area (Å²) in [6.07, 6.45) is 0.850. The van der Waals surface area contributed by atoms with Crippen LogP contribution in [0.5, 0.6) is 0 Å². The van der Waals surface area contributed by atoms with Crippen LogP contribution < -0.4 is 5.73 Å². The Hall–Kier alpha value is 0.0569. The van der Waals surface area contributed by atoms with Gasteiger partial charge in [0.2, 0.25) is 0 Å². The average molecular weight is 207 g/mol. The molecule has 5 heteroatoms. The van der Waals surface area contributed by atoms with Crippen LogP contribution >= 0.6 is 0 Å². The Morgan fingerprint density at radius 2 is 1.62 bits per heavy atom. The molecule has 0 bridgehead atoms. The maximum Gasteiger partial charge on any atom is 0.497 e. The van der Waals surface area contributed by atoms with Gasteiger partial charge in [0.05, 0.1) is 0 Å². The largest absolute Gasteiger partial charge is 0.497 e. The fourth-order valence-corrected chi connectivity index (χ4v) is 2.80. The average Bonchev–Trinajstić information content (AvgIpc) is 2.05. The van der Waals surface area contributed by atoms with E-state index in [0.717, 1.165) is 6.42 Å². The molecule has 0 atom stereocenters. The minimum absolute atomic E-state index is 0.624. The van der Waals surface area contributed by atoms with Crippen molar-refractivity contribution in [1.82, 2.24) is 0 Å². The maximum atomic E-state index is 5.57. The lowest BCUT2D eigenvalue weighted by atomic mass is 10.5. The second kappa shape index (κ2) is 7.46. The van der Waals surface area contributed by atoms with E-state index in [4.69, 9.17) is 19.0 Å². The van der Waals surface area contributed by atoms with Gasteiger partial charge in [-0.25, -0.2) is 0 Å². The Kier molecular flexibility index (Phi) is 7.49. The van der Waals surface area contributed by atoms with E-state index < -0.39 is 8.80 Å². The topological polar surface area (TPSA) is 53.7 Å². The van der Waals surface area contributed by atoms with Crippen LogP contribution in [0, 0.1) is 0 Å². The molecule has 0 amide bonds. The van der Waals surface area contributed by atoms with Gasteiger partial charge < -0.3 is 19.0 Å².